The molecule has 0 saturated heterocycles. The summed E-state index contributed by atoms with van der Waals surface area (Å²) in [6.07, 6.45) is 4.38. The van der Waals surface area contributed by atoms with Crippen molar-refractivity contribution in [2.45, 2.75) is 31.7 Å². The van der Waals surface area contributed by atoms with E-state index < -0.39 is 5.63 Å². The highest BCUT2D eigenvalue weighted by Gasteiger charge is 2.22. The Morgan fingerprint density at radius 1 is 1.22 bits per heavy atom. The lowest BCUT2D eigenvalue weighted by Crippen LogP contribution is -2.33. The third kappa shape index (κ3) is 2.23. The number of hydrogen-bond donors (Lipinski definition) is 1. The molecule has 0 atom stereocenters. The Labute approximate surface area is 132 Å². The lowest BCUT2D eigenvalue weighted by atomic mass is 10.2. The predicted molar refractivity (Wildman–Crippen MR) is 88.7 cm³/mol. The molecule has 1 aromatic carbocycles. The summed E-state index contributed by atoms with van der Waals surface area (Å²) in [7, 11) is 1.82. The maximum absolute atomic E-state index is 12.6. The number of para-hydroxylation sites is 1. The normalized spacial score (nSPS) is 15.5. The average Bonchev–Trinajstić information content (AvgIpc) is 3.16. The van der Waals surface area contributed by atoms with E-state index in [0.29, 0.717) is 16.7 Å². The molecule has 118 valence electrons. The zero-order valence-electron chi connectivity index (χ0n) is 13.0. The molecule has 1 fully saturated rings. The number of aromatic nitrogens is 1. The Bertz CT molecular complexity index is 961. The van der Waals surface area contributed by atoms with Crippen LogP contribution >= 0.6 is 0 Å². The fourth-order valence-corrected chi connectivity index (χ4v) is 3.54. The van der Waals surface area contributed by atoms with Gasteiger partial charge in [-0.05, 0) is 31.0 Å². The molecule has 1 N–H and O–H groups in total. The van der Waals surface area contributed by atoms with Crippen LogP contribution in [0.1, 0.15) is 36.2 Å². The first-order chi connectivity index (χ1) is 11.1. The zero-order chi connectivity index (χ0) is 16.0. The van der Waals surface area contributed by atoms with E-state index in [1.54, 1.807) is 16.7 Å². The Balaban J connectivity index is 1.87. The number of carbonyl (C=O) groups is 1. The van der Waals surface area contributed by atoms with Crippen molar-refractivity contribution in [3.63, 3.8) is 0 Å². The van der Waals surface area contributed by atoms with E-state index in [2.05, 4.69) is 5.32 Å². The molecule has 5 heteroatoms. The van der Waals surface area contributed by atoms with E-state index >= 15 is 0 Å². The molecule has 5 nitrogen and oxygen atoms in total. The van der Waals surface area contributed by atoms with Crippen LogP contribution in [0.15, 0.2) is 39.5 Å². The van der Waals surface area contributed by atoms with Crippen LogP contribution in [0.3, 0.4) is 0 Å². The minimum atomic E-state index is -0.408. The van der Waals surface area contributed by atoms with Gasteiger partial charge in [0, 0.05) is 18.5 Å². The third-order valence-corrected chi connectivity index (χ3v) is 4.72. The van der Waals surface area contributed by atoms with Crippen molar-refractivity contribution in [2.75, 3.05) is 0 Å². The molecule has 0 bridgehead atoms. The molecular weight excluding hydrogens is 292 g/mol. The van der Waals surface area contributed by atoms with Gasteiger partial charge < -0.3 is 14.3 Å². The summed E-state index contributed by atoms with van der Waals surface area (Å²) in [4.78, 5) is 24.8. The minimum absolute atomic E-state index is 0.126. The van der Waals surface area contributed by atoms with Gasteiger partial charge in [-0.25, -0.2) is 4.79 Å². The molecule has 23 heavy (non-hydrogen) atoms. The molecule has 0 unspecified atom stereocenters. The maximum atomic E-state index is 12.6. The monoisotopic (exact) mass is 310 g/mol. The summed E-state index contributed by atoms with van der Waals surface area (Å²) in [5, 5.41) is 4.36. The van der Waals surface area contributed by atoms with Crippen LogP contribution in [0, 0.1) is 0 Å². The lowest BCUT2D eigenvalue weighted by Gasteiger charge is -2.12. The van der Waals surface area contributed by atoms with Crippen LogP contribution in [0.4, 0.5) is 0 Å². The van der Waals surface area contributed by atoms with Crippen LogP contribution in [0.5, 0.6) is 0 Å². The van der Waals surface area contributed by atoms with Crippen molar-refractivity contribution < 1.29 is 9.21 Å². The number of nitrogens with zero attached hydrogens (tertiary/aromatic N) is 1. The molecule has 2 heterocycles. The Morgan fingerprint density at radius 3 is 2.74 bits per heavy atom. The molecule has 1 aliphatic rings. The first-order valence-electron chi connectivity index (χ1n) is 7.97. The standard InChI is InChI=1S/C18H18N2O3/c1-20-14(17(21)19-11-6-2-3-7-11)10-13-16(20)12-8-4-5-9-15(12)23-18(13)22/h4-5,8-11H,2-3,6-7H2,1H3,(H,19,21). The van der Waals surface area contributed by atoms with Gasteiger partial charge in [-0.3, -0.25) is 4.79 Å². The number of aryl methyl sites for hydroxylation is 1. The molecule has 0 radical (unpaired) electrons. The van der Waals surface area contributed by atoms with Crippen molar-refractivity contribution in [3.05, 3.63) is 46.4 Å². The van der Waals surface area contributed by atoms with Gasteiger partial charge in [0.15, 0.2) is 0 Å². The highest BCUT2D eigenvalue weighted by molar-refractivity contribution is 6.07. The number of carbonyl (C=O) groups excluding carboxylic acids is 1. The smallest absolute Gasteiger partial charge is 0.345 e. The van der Waals surface area contributed by atoms with Gasteiger partial charge in [-0.1, -0.05) is 25.0 Å². The predicted octanol–water partition coefficient (Wildman–Crippen LogP) is 2.96. The molecule has 1 amide bonds. The van der Waals surface area contributed by atoms with E-state index in [9.17, 15) is 9.59 Å². The van der Waals surface area contributed by atoms with Crippen molar-refractivity contribution in [1.82, 2.24) is 9.88 Å². The van der Waals surface area contributed by atoms with Gasteiger partial charge >= 0.3 is 5.63 Å². The SMILES string of the molecule is Cn1c(C(=O)NC2CCCC2)cc2c(=O)oc3ccccc3c21. The fourth-order valence-electron chi connectivity index (χ4n) is 3.54. The number of fused-ring (bicyclic) bond motifs is 3. The summed E-state index contributed by atoms with van der Waals surface area (Å²) >= 11 is 0. The van der Waals surface area contributed by atoms with Crippen LogP contribution in [0.25, 0.3) is 21.9 Å². The van der Waals surface area contributed by atoms with E-state index in [1.165, 1.54) is 0 Å². The second-order valence-electron chi connectivity index (χ2n) is 6.19. The number of nitrogens with one attached hydrogen (secondary N) is 1. The first kappa shape index (κ1) is 14.1. The van der Waals surface area contributed by atoms with E-state index in [-0.39, 0.29) is 11.9 Å². The number of rotatable bonds is 2. The number of hydrogen-bond acceptors (Lipinski definition) is 3. The van der Waals surface area contributed by atoms with Crippen LogP contribution < -0.4 is 10.9 Å². The lowest BCUT2D eigenvalue weighted by molar-refractivity contribution is 0.0930. The fraction of sp³-hybridized carbons (Fsp3) is 0.333. The molecule has 4 rings (SSSR count). The zero-order valence-corrected chi connectivity index (χ0v) is 13.0. The van der Waals surface area contributed by atoms with E-state index in [1.807, 2.05) is 25.2 Å². The largest absolute Gasteiger partial charge is 0.422 e. The van der Waals surface area contributed by atoms with E-state index in [4.69, 9.17) is 4.42 Å². The van der Waals surface area contributed by atoms with Gasteiger partial charge in [0.1, 0.15) is 11.3 Å². The van der Waals surface area contributed by atoms with Crippen molar-refractivity contribution in [2.24, 2.45) is 7.05 Å². The molecule has 0 spiro atoms. The highest BCUT2D eigenvalue weighted by Crippen LogP contribution is 2.25. The maximum Gasteiger partial charge on any atom is 0.345 e. The second-order valence-corrected chi connectivity index (χ2v) is 6.19. The number of amides is 1. The average molecular weight is 310 g/mol. The summed E-state index contributed by atoms with van der Waals surface area (Å²) in [6.45, 7) is 0. The molecule has 2 aromatic heterocycles. The van der Waals surface area contributed by atoms with Gasteiger partial charge in [0.25, 0.3) is 5.91 Å². The highest BCUT2D eigenvalue weighted by atomic mass is 16.4. The quantitative estimate of drug-likeness (QED) is 0.740. The van der Waals surface area contributed by atoms with Crippen molar-refractivity contribution in [1.29, 1.82) is 0 Å². The van der Waals surface area contributed by atoms with Crippen molar-refractivity contribution in [3.8, 4) is 0 Å². The Morgan fingerprint density at radius 2 is 1.96 bits per heavy atom. The minimum Gasteiger partial charge on any atom is -0.422 e. The molecule has 1 aliphatic carbocycles. The van der Waals surface area contributed by atoms with Gasteiger partial charge in [0.2, 0.25) is 0 Å². The summed E-state index contributed by atoms with van der Waals surface area (Å²) in [5.41, 5.74) is 1.37. The Kier molecular flexibility index (Phi) is 3.22. The van der Waals surface area contributed by atoms with Crippen LogP contribution in [0.2, 0.25) is 0 Å². The molecule has 1 saturated carbocycles. The third-order valence-electron chi connectivity index (χ3n) is 4.72. The summed E-state index contributed by atoms with van der Waals surface area (Å²) < 4.78 is 7.15. The molecular formula is C18H18N2O3. The molecule has 3 aromatic rings. The summed E-state index contributed by atoms with van der Waals surface area (Å²) in [6, 6.07) is 9.27. The molecule has 0 aliphatic heterocycles. The van der Waals surface area contributed by atoms with E-state index in [0.717, 1.165) is 36.6 Å². The second kappa shape index (κ2) is 5.26. The topological polar surface area (TPSA) is 64.2 Å². The summed E-state index contributed by atoms with van der Waals surface area (Å²) in [5.74, 6) is -0.126. The van der Waals surface area contributed by atoms with Crippen LogP contribution in [-0.2, 0) is 7.05 Å². The van der Waals surface area contributed by atoms with Gasteiger partial charge in [-0.2, -0.15) is 0 Å². The number of benzene rings is 1. The first-order valence-corrected chi connectivity index (χ1v) is 7.97. The van der Waals surface area contributed by atoms with Gasteiger partial charge in [-0.15, -0.1) is 0 Å². The van der Waals surface area contributed by atoms with Crippen molar-refractivity contribution >= 4 is 27.8 Å². The van der Waals surface area contributed by atoms with Gasteiger partial charge in [0.05, 0.1) is 10.9 Å². The Hall–Kier alpha value is -2.56. The van der Waals surface area contributed by atoms with Crippen LogP contribution in [-0.4, -0.2) is 16.5 Å².